The maximum atomic E-state index is 13.6. The zero-order chi connectivity index (χ0) is 11.0. The standard InChI is InChI=1S/C8H6BrFN4S/c9-4-1-2-6(5(10)3-4)14-7(11)12-13-8(14)15/h1-3H,(H2,11,12)(H,13,15). The minimum absolute atomic E-state index is 0.126. The number of aromatic amines is 1. The molecule has 1 heterocycles. The molecule has 0 spiro atoms. The second kappa shape index (κ2) is 3.74. The molecule has 0 aliphatic heterocycles. The van der Waals surface area contributed by atoms with Crippen molar-refractivity contribution in [1.82, 2.24) is 14.8 Å². The van der Waals surface area contributed by atoms with Gasteiger partial charge in [-0.05, 0) is 30.4 Å². The van der Waals surface area contributed by atoms with E-state index in [2.05, 4.69) is 26.1 Å². The van der Waals surface area contributed by atoms with E-state index >= 15 is 0 Å². The molecular formula is C8H6BrFN4S. The van der Waals surface area contributed by atoms with E-state index in [1.807, 2.05) is 0 Å². The van der Waals surface area contributed by atoms with E-state index in [1.165, 1.54) is 10.6 Å². The summed E-state index contributed by atoms with van der Waals surface area (Å²) in [5, 5.41) is 6.19. The number of rotatable bonds is 1. The summed E-state index contributed by atoms with van der Waals surface area (Å²) in [7, 11) is 0. The van der Waals surface area contributed by atoms with Crippen LogP contribution >= 0.6 is 28.1 Å². The molecule has 0 unspecified atom stereocenters. The van der Waals surface area contributed by atoms with Crippen LogP contribution in [0, 0.1) is 10.6 Å². The molecule has 15 heavy (non-hydrogen) atoms. The largest absolute Gasteiger partial charge is 0.368 e. The summed E-state index contributed by atoms with van der Waals surface area (Å²) >= 11 is 8.10. The Balaban J connectivity index is 2.69. The number of hydrogen-bond acceptors (Lipinski definition) is 3. The maximum absolute atomic E-state index is 13.6. The number of hydrogen-bond donors (Lipinski definition) is 2. The molecule has 0 fully saturated rings. The number of anilines is 1. The van der Waals surface area contributed by atoms with Crippen molar-refractivity contribution < 1.29 is 4.39 Å². The Bertz CT molecular complexity index is 562. The molecule has 1 aromatic carbocycles. The van der Waals surface area contributed by atoms with Crippen molar-refractivity contribution in [2.45, 2.75) is 0 Å². The van der Waals surface area contributed by atoms with Gasteiger partial charge in [0.1, 0.15) is 5.82 Å². The number of nitrogens with one attached hydrogen (secondary N) is 1. The lowest BCUT2D eigenvalue weighted by atomic mass is 10.3. The zero-order valence-electron chi connectivity index (χ0n) is 7.37. The van der Waals surface area contributed by atoms with E-state index in [-0.39, 0.29) is 16.4 Å². The number of halogens is 2. The molecule has 7 heteroatoms. The van der Waals surface area contributed by atoms with E-state index in [9.17, 15) is 4.39 Å². The first-order valence-corrected chi connectivity index (χ1v) is 5.18. The topological polar surface area (TPSA) is 59.6 Å². The fourth-order valence-corrected chi connectivity index (χ4v) is 1.78. The van der Waals surface area contributed by atoms with Crippen LogP contribution in [0.5, 0.6) is 0 Å². The third-order valence-electron chi connectivity index (χ3n) is 1.85. The molecule has 0 bridgehead atoms. The Kier molecular flexibility index (Phi) is 2.57. The lowest BCUT2D eigenvalue weighted by Crippen LogP contribution is -2.03. The molecule has 0 saturated heterocycles. The summed E-state index contributed by atoms with van der Waals surface area (Å²) in [6, 6.07) is 4.61. The van der Waals surface area contributed by atoms with Crippen LogP contribution in [-0.2, 0) is 0 Å². The lowest BCUT2D eigenvalue weighted by molar-refractivity contribution is 0.617. The highest BCUT2D eigenvalue weighted by molar-refractivity contribution is 9.10. The van der Waals surface area contributed by atoms with Gasteiger partial charge in [0.2, 0.25) is 10.7 Å². The SMILES string of the molecule is Nc1n[nH]c(=S)n1-c1ccc(Br)cc1F. The number of nitrogens with two attached hydrogens (primary N) is 1. The summed E-state index contributed by atoms with van der Waals surface area (Å²) in [6.45, 7) is 0. The highest BCUT2D eigenvalue weighted by Gasteiger charge is 2.09. The molecule has 2 rings (SSSR count). The maximum Gasteiger partial charge on any atom is 0.225 e. The van der Waals surface area contributed by atoms with Gasteiger partial charge in [-0.3, -0.25) is 4.57 Å². The van der Waals surface area contributed by atoms with Crippen LogP contribution in [0.4, 0.5) is 10.3 Å². The first-order valence-electron chi connectivity index (χ1n) is 3.98. The van der Waals surface area contributed by atoms with Gasteiger partial charge in [0.25, 0.3) is 0 Å². The van der Waals surface area contributed by atoms with Crippen molar-refractivity contribution in [1.29, 1.82) is 0 Å². The number of aromatic nitrogens is 3. The van der Waals surface area contributed by atoms with E-state index in [0.717, 1.165) is 0 Å². The molecule has 0 atom stereocenters. The van der Waals surface area contributed by atoms with Gasteiger partial charge in [0.05, 0.1) is 5.69 Å². The van der Waals surface area contributed by atoms with Gasteiger partial charge in [-0.25, -0.2) is 9.49 Å². The highest BCUT2D eigenvalue weighted by atomic mass is 79.9. The van der Waals surface area contributed by atoms with Crippen molar-refractivity contribution in [3.05, 3.63) is 33.3 Å². The van der Waals surface area contributed by atoms with Crippen molar-refractivity contribution in [2.24, 2.45) is 0 Å². The summed E-state index contributed by atoms with van der Waals surface area (Å²) < 4.78 is 15.8. The summed E-state index contributed by atoms with van der Waals surface area (Å²) in [5.74, 6) is -0.296. The minimum Gasteiger partial charge on any atom is -0.368 e. The predicted molar refractivity (Wildman–Crippen MR) is 60.8 cm³/mol. The normalized spacial score (nSPS) is 10.5. The van der Waals surface area contributed by atoms with Crippen molar-refractivity contribution in [2.75, 3.05) is 5.73 Å². The third-order valence-corrected chi connectivity index (χ3v) is 2.62. The van der Waals surface area contributed by atoms with Gasteiger partial charge >= 0.3 is 0 Å². The highest BCUT2D eigenvalue weighted by Crippen LogP contribution is 2.20. The van der Waals surface area contributed by atoms with Crippen LogP contribution in [0.3, 0.4) is 0 Å². The summed E-state index contributed by atoms with van der Waals surface area (Å²) in [5.41, 5.74) is 5.83. The zero-order valence-corrected chi connectivity index (χ0v) is 9.77. The van der Waals surface area contributed by atoms with Crippen LogP contribution in [0.1, 0.15) is 0 Å². The Morgan fingerprint density at radius 2 is 2.27 bits per heavy atom. The lowest BCUT2D eigenvalue weighted by Gasteiger charge is -2.05. The smallest absolute Gasteiger partial charge is 0.225 e. The second-order valence-corrected chi connectivity index (χ2v) is 4.12. The first kappa shape index (κ1) is 10.3. The Morgan fingerprint density at radius 1 is 1.53 bits per heavy atom. The van der Waals surface area contributed by atoms with Gasteiger partial charge in [0, 0.05) is 4.47 Å². The van der Waals surface area contributed by atoms with Crippen molar-refractivity contribution in [3.8, 4) is 5.69 Å². The molecular weight excluding hydrogens is 283 g/mol. The molecule has 2 aromatic rings. The van der Waals surface area contributed by atoms with E-state index in [0.29, 0.717) is 4.47 Å². The van der Waals surface area contributed by atoms with Crippen LogP contribution in [-0.4, -0.2) is 14.8 Å². The van der Waals surface area contributed by atoms with Crippen LogP contribution < -0.4 is 5.73 Å². The van der Waals surface area contributed by atoms with E-state index in [1.54, 1.807) is 12.1 Å². The predicted octanol–water partition coefficient (Wildman–Crippen LogP) is 2.41. The quantitative estimate of drug-likeness (QED) is 0.793. The molecule has 0 aliphatic rings. The van der Waals surface area contributed by atoms with Crippen LogP contribution in [0.15, 0.2) is 22.7 Å². The summed E-state index contributed by atoms with van der Waals surface area (Å²) in [4.78, 5) is 0. The fourth-order valence-electron chi connectivity index (χ4n) is 1.20. The van der Waals surface area contributed by atoms with Crippen molar-refractivity contribution in [3.63, 3.8) is 0 Å². The van der Waals surface area contributed by atoms with Crippen molar-refractivity contribution >= 4 is 34.1 Å². The number of nitrogen functional groups attached to an aromatic ring is 1. The first-order chi connectivity index (χ1) is 7.09. The number of H-pyrrole nitrogens is 1. The van der Waals surface area contributed by atoms with Gasteiger partial charge in [0.15, 0.2) is 0 Å². The van der Waals surface area contributed by atoms with Gasteiger partial charge in [-0.2, -0.15) is 0 Å². The molecule has 0 aliphatic carbocycles. The van der Waals surface area contributed by atoms with E-state index < -0.39 is 5.82 Å². The summed E-state index contributed by atoms with van der Waals surface area (Å²) in [6.07, 6.45) is 0. The molecule has 0 radical (unpaired) electrons. The number of nitrogens with zero attached hydrogens (tertiary/aromatic N) is 2. The Labute approximate surface area is 98.0 Å². The number of benzene rings is 1. The van der Waals surface area contributed by atoms with Gasteiger partial charge in [-0.1, -0.05) is 15.9 Å². The Hall–Kier alpha value is -1.21. The average molecular weight is 289 g/mol. The molecule has 4 nitrogen and oxygen atoms in total. The monoisotopic (exact) mass is 288 g/mol. The molecule has 0 amide bonds. The van der Waals surface area contributed by atoms with Gasteiger partial charge < -0.3 is 5.73 Å². The molecule has 1 aromatic heterocycles. The second-order valence-electron chi connectivity index (χ2n) is 2.82. The fraction of sp³-hybridized carbons (Fsp3) is 0. The third kappa shape index (κ3) is 1.80. The van der Waals surface area contributed by atoms with Crippen LogP contribution in [0.2, 0.25) is 0 Å². The average Bonchev–Trinajstić information content (AvgIpc) is 2.48. The minimum atomic E-state index is -0.423. The molecule has 0 saturated carbocycles. The van der Waals surface area contributed by atoms with Gasteiger partial charge in [-0.15, -0.1) is 5.10 Å². The molecule has 78 valence electrons. The Morgan fingerprint density at radius 3 is 2.80 bits per heavy atom. The molecule has 3 N–H and O–H groups in total. The van der Waals surface area contributed by atoms with E-state index in [4.69, 9.17) is 18.0 Å². The van der Waals surface area contributed by atoms with Crippen LogP contribution in [0.25, 0.3) is 5.69 Å².